The predicted octanol–water partition coefficient (Wildman–Crippen LogP) is 4.49. The van der Waals surface area contributed by atoms with E-state index in [4.69, 9.17) is 0 Å². The lowest BCUT2D eigenvalue weighted by Gasteiger charge is -2.09. The number of carbonyl (C=O) groups is 1. The molecule has 2 aromatic carbocycles. The van der Waals surface area contributed by atoms with Crippen molar-refractivity contribution in [1.29, 1.82) is 0 Å². The van der Waals surface area contributed by atoms with Gasteiger partial charge in [-0.25, -0.2) is 0 Å². The standard InChI is InChI=1S/C15H13BrO/c1-2-12-9-14(16)6-7-15(12)13-5-3-4-11(8-13)10-17/h3-10H,2H2,1H3. The summed E-state index contributed by atoms with van der Waals surface area (Å²) in [6.07, 6.45) is 1.86. The SMILES string of the molecule is CCc1cc(Br)ccc1-c1cccc(C=O)c1. The molecule has 0 atom stereocenters. The molecule has 0 aliphatic heterocycles. The van der Waals surface area contributed by atoms with Gasteiger partial charge in [0.05, 0.1) is 0 Å². The van der Waals surface area contributed by atoms with E-state index in [1.807, 2.05) is 30.3 Å². The van der Waals surface area contributed by atoms with Crippen LogP contribution in [0.1, 0.15) is 22.8 Å². The first kappa shape index (κ1) is 12.1. The zero-order valence-electron chi connectivity index (χ0n) is 9.61. The number of hydrogen-bond acceptors (Lipinski definition) is 1. The average molecular weight is 289 g/mol. The topological polar surface area (TPSA) is 17.1 Å². The fourth-order valence-corrected chi connectivity index (χ4v) is 2.32. The second-order valence-corrected chi connectivity index (χ2v) is 4.81. The Morgan fingerprint density at radius 2 is 2.00 bits per heavy atom. The van der Waals surface area contributed by atoms with Gasteiger partial charge >= 0.3 is 0 Å². The van der Waals surface area contributed by atoms with E-state index < -0.39 is 0 Å². The highest BCUT2D eigenvalue weighted by molar-refractivity contribution is 9.10. The summed E-state index contributed by atoms with van der Waals surface area (Å²) in [6, 6.07) is 13.9. The Labute approximate surface area is 110 Å². The fourth-order valence-electron chi connectivity index (χ4n) is 1.92. The molecule has 0 saturated carbocycles. The van der Waals surface area contributed by atoms with Gasteiger partial charge in [-0.3, -0.25) is 4.79 Å². The van der Waals surface area contributed by atoms with Crippen LogP contribution in [0, 0.1) is 0 Å². The lowest BCUT2D eigenvalue weighted by atomic mass is 9.97. The molecule has 0 spiro atoms. The minimum Gasteiger partial charge on any atom is -0.298 e. The molecule has 17 heavy (non-hydrogen) atoms. The zero-order valence-corrected chi connectivity index (χ0v) is 11.2. The maximum Gasteiger partial charge on any atom is 0.150 e. The first-order valence-corrected chi connectivity index (χ1v) is 6.38. The third-order valence-electron chi connectivity index (χ3n) is 2.78. The highest BCUT2D eigenvalue weighted by Crippen LogP contribution is 2.27. The summed E-state index contributed by atoms with van der Waals surface area (Å²) in [4.78, 5) is 10.8. The summed E-state index contributed by atoms with van der Waals surface area (Å²) in [5.74, 6) is 0. The minimum atomic E-state index is 0.715. The molecule has 0 fully saturated rings. The van der Waals surface area contributed by atoms with E-state index in [-0.39, 0.29) is 0 Å². The van der Waals surface area contributed by atoms with Crippen molar-refractivity contribution >= 4 is 22.2 Å². The molecule has 0 bridgehead atoms. The van der Waals surface area contributed by atoms with Gasteiger partial charge in [0.25, 0.3) is 0 Å². The van der Waals surface area contributed by atoms with Crippen LogP contribution in [0.25, 0.3) is 11.1 Å². The number of benzene rings is 2. The van der Waals surface area contributed by atoms with Crippen LogP contribution in [0.15, 0.2) is 46.9 Å². The van der Waals surface area contributed by atoms with Crippen LogP contribution in [-0.2, 0) is 6.42 Å². The number of halogens is 1. The van der Waals surface area contributed by atoms with Crippen LogP contribution in [0.4, 0.5) is 0 Å². The highest BCUT2D eigenvalue weighted by Gasteiger charge is 2.05. The Balaban J connectivity index is 2.55. The predicted molar refractivity (Wildman–Crippen MR) is 74.3 cm³/mol. The van der Waals surface area contributed by atoms with Crippen molar-refractivity contribution < 1.29 is 4.79 Å². The van der Waals surface area contributed by atoms with Gasteiger partial charge in [0.2, 0.25) is 0 Å². The smallest absolute Gasteiger partial charge is 0.150 e. The molecule has 0 amide bonds. The maximum atomic E-state index is 10.8. The Hall–Kier alpha value is -1.41. The Kier molecular flexibility index (Phi) is 3.75. The summed E-state index contributed by atoms with van der Waals surface area (Å²) >= 11 is 3.48. The number of hydrogen-bond donors (Lipinski definition) is 0. The first-order chi connectivity index (χ1) is 8.24. The molecule has 2 rings (SSSR count). The van der Waals surface area contributed by atoms with Gasteiger partial charge in [0.15, 0.2) is 0 Å². The van der Waals surface area contributed by atoms with Crippen molar-refractivity contribution in [3.05, 3.63) is 58.1 Å². The Morgan fingerprint density at radius 3 is 2.71 bits per heavy atom. The van der Waals surface area contributed by atoms with Gasteiger partial charge in [0.1, 0.15) is 6.29 Å². The second kappa shape index (κ2) is 5.28. The highest BCUT2D eigenvalue weighted by atomic mass is 79.9. The molecular weight excluding hydrogens is 276 g/mol. The molecule has 0 heterocycles. The first-order valence-electron chi connectivity index (χ1n) is 5.58. The molecule has 2 aromatic rings. The van der Waals surface area contributed by atoms with E-state index in [0.29, 0.717) is 5.56 Å². The maximum absolute atomic E-state index is 10.8. The number of carbonyl (C=O) groups excluding carboxylic acids is 1. The van der Waals surface area contributed by atoms with Gasteiger partial charge in [-0.2, -0.15) is 0 Å². The molecule has 0 saturated heterocycles. The normalized spacial score (nSPS) is 10.2. The van der Waals surface area contributed by atoms with E-state index in [9.17, 15) is 4.79 Å². The van der Waals surface area contributed by atoms with E-state index >= 15 is 0 Å². The summed E-state index contributed by atoms with van der Waals surface area (Å²) in [5.41, 5.74) is 4.29. The monoisotopic (exact) mass is 288 g/mol. The zero-order chi connectivity index (χ0) is 12.3. The van der Waals surface area contributed by atoms with Gasteiger partial charge in [-0.15, -0.1) is 0 Å². The van der Waals surface area contributed by atoms with E-state index in [2.05, 4.69) is 35.0 Å². The third kappa shape index (κ3) is 2.64. The molecule has 0 unspecified atom stereocenters. The number of aldehydes is 1. The van der Waals surface area contributed by atoms with Crippen LogP contribution in [-0.4, -0.2) is 6.29 Å². The molecule has 86 valence electrons. The van der Waals surface area contributed by atoms with Crippen molar-refractivity contribution in [3.63, 3.8) is 0 Å². The van der Waals surface area contributed by atoms with Gasteiger partial charge in [-0.05, 0) is 41.3 Å². The van der Waals surface area contributed by atoms with Crippen molar-refractivity contribution in [3.8, 4) is 11.1 Å². The number of rotatable bonds is 3. The third-order valence-corrected chi connectivity index (χ3v) is 3.28. The average Bonchev–Trinajstić information content (AvgIpc) is 2.38. The van der Waals surface area contributed by atoms with Crippen LogP contribution in [0.3, 0.4) is 0 Å². The molecular formula is C15H13BrO. The summed E-state index contributed by atoms with van der Waals surface area (Å²) in [7, 11) is 0. The second-order valence-electron chi connectivity index (χ2n) is 3.90. The molecule has 2 heteroatoms. The van der Waals surface area contributed by atoms with Crippen molar-refractivity contribution in [2.75, 3.05) is 0 Å². The van der Waals surface area contributed by atoms with E-state index in [1.54, 1.807) is 0 Å². The molecule has 0 aliphatic rings. The Morgan fingerprint density at radius 1 is 1.18 bits per heavy atom. The minimum absolute atomic E-state index is 0.715. The van der Waals surface area contributed by atoms with E-state index in [0.717, 1.165) is 22.7 Å². The van der Waals surface area contributed by atoms with Gasteiger partial charge in [0, 0.05) is 10.0 Å². The number of aryl methyl sites for hydroxylation is 1. The lowest BCUT2D eigenvalue weighted by molar-refractivity contribution is 0.112. The van der Waals surface area contributed by atoms with Crippen molar-refractivity contribution in [2.24, 2.45) is 0 Å². The van der Waals surface area contributed by atoms with Crippen molar-refractivity contribution in [2.45, 2.75) is 13.3 Å². The summed E-state index contributed by atoms with van der Waals surface area (Å²) < 4.78 is 1.09. The van der Waals surface area contributed by atoms with Crippen LogP contribution >= 0.6 is 15.9 Å². The summed E-state index contributed by atoms with van der Waals surface area (Å²) in [5, 5.41) is 0. The summed E-state index contributed by atoms with van der Waals surface area (Å²) in [6.45, 7) is 2.13. The molecule has 1 nitrogen and oxygen atoms in total. The van der Waals surface area contributed by atoms with Crippen molar-refractivity contribution in [1.82, 2.24) is 0 Å². The molecule has 0 aromatic heterocycles. The van der Waals surface area contributed by atoms with Gasteiger partial charge in [-0.1, -0.05) is 47.1 Å². The molecule has 0 radical (unpaired) electrons. The van der Waals surface area contributed by atoms with E-state index in [1.165, 1.54) is 11.1 Å². The Bertz CT molecular complexity index is 546. The van der Waals surface area contributed by atoms with Crippen LogP contribution in [0.2, 0.25) is 0 Å². The lowest BCUT2D eigenvalue weighted by Crippen LogP contribution is -1.89. The molecule has 0 aliphatic carbocycles. The van der Waals surface area contributed by atoms with Gasteiger partial charge < -0.3 is 0 Å². The fraction of sp³-hybridized carbons (Fsp3) is 0.133. The molecule has 0 N–H and O–H groups in total. The van der Waals surface area contributed by atoms with Crippen LogP contribution < -0.4 is 0 Å². The van der Waals surface area contributed by atoms with Crippen LogP contribution in [0.5, 0.6) is 0 Å². The largest absolute Gasteiger partial charge is 0.298 e. The quantitative estimate of drug-likeness (QED) is 0.761.